The Kier molecular flexibility index (Phi) is 6.29. The lowest BCUT2D eigenvalue weighted by Gasteiger charge is -2.36. The molecule has 3 rings (SSSR count). The van der Waals surface area contributed by atoms with Crippen molar-refractivity contribution in [2.24, 2.45) is 0 Å². The van der Waals surface area contributed by atoms with E-state index in [4.69, 9.17) is 0 Å². The van der Waals surface area contributed by atoms with E-state index in [9.17, 15) is 4.79 Å². The number of carbonyl (C=O) groups is 1. The smallest absolute Gasteiger partial charge is 0.251 e. The first-order valence-electron chi connectivity index (χ1n) is 9.51. The van der Waals surface area contributed by atoms with Crippen LogP contribution >= 0.6 is 0 Å². The fraction of sp³-hybridized carbons (Fsp3) is 0.409. The number of rotatable bonds is 6. The zero-order chi connectivity index (χ0) is 18.4. The number of carbonyl (C=O) groups excluding carboxylic acids is 1. The molecule has 1 aliphatic rings. The Balaban J connectivity index is 1.35. The molecule has 0 bridgehead atoms. The van der Waals surface area contributed by atoms with Crippen LogP contribution in [0.25, 0.3) is 0 Å². The number of anilines is 1. The monoisotopic (exact) mass is 351 g/mol. The summed E-state index contributed by atoms with van der Waals surface area (Å²) in [6, 6.07) is 16.5. The lowest BCUT2D eigenvalue weighted by molar-refractivity contribution is 0.0951. The Bertz CT molecular complexity index is 721. The molecule has 0 unspecified atom stereocenters. The van der Waals surface area contributed by atoms with Crippen molar-refractivity contribution >= 4 is 11.6 Å². The van der Waals surface area contributed by atoms with Crippen LogP contribution in [0.4, 0.5) is 5.69 Å². The third-order valence-electron chi connectivity index (χ3n) is 5.20. The molecule has 1 saturated heterocycles. The van der Waals surface area contributed by atoms with E-state index >= 15 is 0 Å². The largest absolute Gasteiger partial charge is 0.369 e. The van der Waals surface area contributed by atoms with Crippen molar-refractivity contribution in [1.29, 1.82) is 0 Å². The minimum atomic E-state index is 0.0296. The van der Waals surface area contributed by atoms with Crippen LogP contribution < -0.4 is 10.2 Å². The second kappa shape index (κ2) is 8.86. The molecule has 2 aromatic carbocycles. The standard InChI is InChI=1S/C22H29N3O/c1-18-9-10-20(17-19(18)2)22(26)23-11-6-12-24-13-15-25(16-14-24)21-7-4-3-5-8-21/h3-5,7-10,17H,6,11-16H2,1-2H3,(H,23,26). The Morgan fingerprint density at radius 2 is 1.69 bits per heavy atom. The average Bonchev–Trinajstić information content (AvgIpc) is 2.68. The normalized spacial score (nSPS) is 15.1. The van der Waals surface area contributed by atoms with Crippen molar-refractivity contribution in [3.63, 3.8) is 0 Å². The van der Waals surface area contributed by atoms with Gasteiger partial charge in [0.1, 0.15) is 0 Å². The van der Waals surface area contributed by atoms with Gasteiger partial charge in [-0.25, -0.2) is 0 Å². The molecule has 4 heteroatoms. The summed E-state index contributed by atoms with van der Waals surface area (Å²) in [5.74, 6) is 0.0296. The van der Waals surface area contributed by atoms with Gasteiger partial charge in [-0.05, 0) is 62.2 Å². The van der Waals surface area contributed by atoms with Crippen LogP contribution in [-0.4, -0.2) is 50.1 Å². The second-order valence-electron chi connectivity index (χ2n) is 7.07. The number of benzene rings is 2. The Hall–Kier alpha value is -2.33. The highest BCUT2D eigenvalue weighted by molar-refractivity contribution is 5.94. The van der Waals surface area contributed by atoms with E-state index in [1.807, 2.05) is 25.1 Å². The molecule has 0 aliphatic carbocycles. The zero-order valence-electron chi connectivity index (χ0n) is 15.9. The Morgan fingerprint density at radius 3 is 2.38 bits per heavy atom. The minimum Gasteiger partial charge on any atom is -0.369 e. The predicted octanol–water partition coefficient (Wildman–Crippen LogP) is 3.25. The van der Waals surface area contributed by atoms with Gasteiger partial charge in [-0.2, -0.15) is 0 Å². The highest BCUT2D eigenvalue weighted by Crippen LogP contribution is 2.15. The SMILES string of the molecule is Cc1ccc(C(=O)NCCCN2CCN(c3ccccc3)CC2)cc1C. The molecule has 0 spiro atoms. The maximum atomic E-state index is 12.2. The van der Waals surface area contributed by atoms with Crippen LogP contribution in [0.15, 0.2) is 48.5 Å². The van der Waals surface area contributed by atoms with E-state index in [0.717, 1.165) is 56.8 Å². The number of aryl methyl sites for hydroxylation is 2. The molecule has 2 aromatic rings. The summed E-state index contributed by atoms with van der Waals surface area (Å²) in [4.78, 5) is 17.2. The van der Waals surface area contributed by atoms with Crippen LogP contribution in [0.3, 0.4) is 0 Å². The van der Waals surface area contributed by atoms with Crippen LogP contribution in [0.5, 0.6) is 0 Å². The number of hydrogen-bond donors (Lipinski definition) is 1. The van der Waals surface area contributed by atoms with Gasteiger partial charge in [0.15, 0.2) is 0 Å². The number of piperazine rings is 1. The molecular weight excluding hydrogens is 322 g/mol. The summed E-state index contributed by atoms with van der Waals surface area (Å²) in [5.41, 5.74) is 4.45. The highest BCUT2D eigenvalue weighted by Gasteiger charge is 2.16. The molecule has 26 heavy (non-hydrogen) atoms. The number of nitrogens with zero attached hydrogens (tertiary/aromatic N) is 2. The van der Waals surface area contributed by atoms with Crippen LogP contribution in [0, 0.1) is 13.8 Å². The summed E-state index contributed by atoms with van der Waals surface area (Å²) in [5, 5.41) is 3.04. The molecule has 0 atom stereocenters. The molecule has 0 aromatic heterocycles. The van der Waals surface area contributed by atoms with Crippen molar-refractivity contribution in [2.45, 2.75) is 20.3 Å². The van der Waals surface area contributed by atoms with Gasteiger partial charge in [0.05, 0.1) is 0 Å². The van der Waals surface area contributed by atoms with Gasteiger partial charge < -0.3 is 10.2 Å². The van der Waals surface area contributed by atoms with E-state index in [-0.39, 0.29) is 5.91 Å². The van der Waals surface area contributed by atoms with E-state index in [2.05, 4.69) is 52.4 Å². The van der Waals surface area contributed by atoms with Crippen LogP contribution in [0.2, 0.25) is 0 Å². The Morgan fingerprint density at radius 1 is 0.962 bits per heavy atom. The average molecular weight is 351 g/mol. The third kappa shape index (κ3) is 4.85. The van der Waals surface area contributed by atoms with E-state index < -0.39 is 0 Å². The van der Waals surface area contributed by atoms with Crippen molar-refractivity contribution in [3.8, 4) is 0 Å². The van der Waals surface area contributed by atoms with Gasteiger partial charge in [-0.15, -0.1) is 0 Å². The summed E-state index contributed by atoms with van der Waals surface area (Å²) in [6.07, 6.45) is 0.988. The van der Waals surface area contributed by atoms with Gasteiger partial charge in [0, 0.05) is 44.0 Å². The lowest BCUT2D eigenvalue weighted by atomic mass is 10.1. The molecule has 0 radical (unpaired) electrons. The first-order valence-corrected chi connectivity index (χ1v) is 9.51. The highest BCUT2D eigenvalue weighted by atomic mass is 16.1. The van der Waals surface area contributed by atoms with Crippen molar-refractivity contribution < 1.29 is 4.79 Å². The second-order valence-corrected chi connectivity index (χ2v) is 7.07. The maximum absolute atomic E-state index is 12.2. The minimum absolute atomic E-state index is 0.0296. The van der Waals surface area contributed by atoms with E-state index in [1.54, 1.807) is 0 Å². The first-order chi connectivity index (χ1) is 12.6. The number of para-hydroxylation sites is 1. The van der Waals surface area contributed by atoms with Crippen molar-refractivity contribution in [2.75, 3.05) is 44.2 Å². The van der Waals surface area contributed by atoms with Crippen LogP contribution in [0.1, 0.15) is 27.9 Å². The summed E-state index contributed by atoms with van der Waals surface area (Å²) >= 11 is 0. The number of nitrogens with one attached hydrogen (secondary N) is 1. The molecule has 1 fully saturated rings. The topological polar surface area (TPSA) is 35.6 Å². The molecule has 1 aliphatic heterocycles. The zero-order valence-corrected chi connectivity index (χ0v) is 15.9. The quantitative estimate of drug-likeness (QED) is 0.812. The molecule has 1 N–H and O–H groups in total. The number of amides is 1. The van der Waals surface area contributed by atoms with Gasteiger partial charge in [-0.3, -0.25) is 9.69 Å². The molecular formula is C22H29N3O. The van der Waals surface area contributed by atoms with Crippen molar-refractivity contribution in [3.05, 3.63) is 65.2 Å². The first kappa shape index (κ1) is 18.5. The molecule has 138 valence electrons. The lowest BCUT2D eigenvalue weighted by Crippen LogP contribution is -2.47. The van der Waals surface area contributed by atoms with Gasteiger partial charge in [0.25, 0.3) is 5.91 Å². The molecule has 4 nitrogen and oxygen atoms in total. The Labute approximate surface area is 156 Å². The van der Waals surface area contributed by atoms with E-state index in [0.29, 0.717) is 0 Å². The van der Waals surface area contributed by atoms with E-state index in [1.165, 1.54) is 11.3 Å². The summed E-state index contributed by atoms with van der Waals surface area (Å²) in [6.45, 7) is 10.2. The fourth-order valence-corrected chi connectivity index (χ4v) is 3.36. The summed E-state index contributed by atoms with van der Waals surface area (Å²) in [7, 11) is 0. The van der Waals surface area contributed by atoms with Crippen molar-refractivity contribution in [1.82, 2.24) is 10.2 Å². The molecule has 1 heterocycles. The third-order valence-corrected chi connectivity index (χ3v) is 5.20. The van der Waals surface area contributed by atoms with Gasteiger partial charge in [-0.1, -0.05) is 24.3 Å². The van der Waals surface area contributed by atoms with Gasteiger partial charge in [0.2, 0.25) is 0 Å². The fourth-order valence-electron chi connectivity index (χ4n) is 3.36. The summed E-state index contributed by atoms with van der Waals surface area (Å²) < 4.78 is 0. The maximum Gasteiger partial charge on any atom is 0.251 e. The molecule has 1 amide bonds. The molecule has 0 saturated carbocycles. The van der Waals surface area contributed by atoms with Crippen LogP contribution in [-0.2, 0) is 0 Å². The predicted molar refractivity (Wildman–Crippen MR) is 108 cm³/mol. The number of hydrogen-bond acceptors (Lipinski definition) is 3. The van der Waals surface area contributed by atoms with Gasteiger partial charge >= 0.3 is 0 Å².